The van der Waals surface area contributed by atoms with Gasteiger partial charge in [0.05, 0.1) is 4.90 Å². The minimum absolute atomic E-state index is 0.357. The van der Waals surface area contributed by atoms with Gasteiger partial charge in [0, 0.05) is 26.2 Å². The van der Waals surface area contributed by atoms with Gasteiger partial charge in [0.1, 0.15) is 0 Å². The van der Waals surface area contributed by atoms with Crippen molar-refractivity contribution in [3.05, 3.63) is 29.8 Å². The molecule has 1 unspecified atom stereocenters. The molecular formula is C16H28N2O2S. The van der Waals surface area contributed by atoms with Gasteiger partial charge in [-0.2, -0.15) is 0 Å². The average Bonchev–Trinajstić information content (AvgIpc) is 2.45. The summed E-state index contributed by atoms with van der Waals surface area (Å²) in [7, 11) is -1.75. The number of hydrogen-bond acceptors (Lipinski definition) is 3. The highest BCUT2D eigenvalue weighted by atomic mass is 32.2. The third-order valence-electron chi connectivity index (χ3n) is 3.59. The highest BCUT2D eigenvalue weighted by Crippen LogP contribution is 2.18. The summed E-state index contributed by atoms with van der Waals surface area (Å²) in [4.78, 5) is 0.372. The second-order valence-electron chi connectivity index (χ2n) is 5.98. The third kappa shape index (κ3) is 5.41. The Hall–Kier alpha value is -0.910. The third-order valence-corrected chi connectivity index (χ3v) is 5.41. The fourth-order valence-corrected chi connectivity index (χ4v) is 3.35. The molecule has 0 aliphatic heterocycles. The first kappa shape index (κ1) is 18.1. The van der Waals surface area contributed by atoms with Gasteiger partial charge in [-0.15, -0.1) is 0 Å². The Morgan fingerprint density at radius 2 is 1.90 bits per heavy atom. The van der Waals surface area contributed by atoms with E-state index in [1.54, 1.807) is 25.2 Å². The summed E-state index contributed by atoms with van der Waals surface area (Å²) >= 11 is 0. The predicted octanol–water partition coefficient (Wildman–Crippen LogP) is 2.85. The first-order valence-corrected chi connectivity index (χ1v) is 9.00. The fourth-order valence-electron chi connectivity index (χ4n) is 1.98. The van der Waals surface area contributed by atoms with Crippen LogP contribution in [0.5, 0.6) is 0 Å². The van der Waals surface area contributed by atoms with Crippen molar-refractivity contribution in [3.63, 3.8) is 0 Å². The highest BCUT2D eigenvalue weighted by Gasteiger charge is 2.22. The van der Waals surface area contributed by atoms with Gasteiger partial charge < -0.3 is 5.32 Å². The largest absolute Gasteiger partial charge is 0.310 e. The van der Waals surface area contributed by atoms with Crippen molar-refractivity contribution < 1.29 is 8.42 Å². The van der Waals surface area contributed by atoms with Crippen LogP contribution >= 0.6 is 0 Å². The average molecular weight is 312 g/mol. The molecule has 1 N–H and O–H groups in total. The maximum atomic E-state index is 12.6. The second-order valence-corrected chi connectivity index (χ2v) is 8.03. The standard InChI is InChI=1S/C16H28N2O2S/c1-6-14(4)12-18(5)21(19,20)16-9-7-8-15(10-16)11-17-13(2)3/h7-10,13-14,17H,6,11-12H2,1-5H3. The molecule has 0 amide bonds. The van der Waals surface area contributed by atoms with E-state index < -0.39 is 10.0 Å². The van der Waals surface area contributed by atoms with E-state index in [-0.39, 0.29) is 0 Å². The molecule has 0 radical (unpaired) electrons. The van der Waals surface area contributed by atoms with Gasteiger partial charge in [0.25, 0.3) is 0 Å². The number of rotatable bonds is 8. The smallest absolute Gasteiger partial charge is 0.242 e. The molecule has 21 heavy (non-hydrogen) atoms. The Bertz CT molecular complexity index is 541. The predicted molar refractivity (Wildman–Crippen MR) is 87.7 cm³/mol. The van der Waals surface area contributed by atoms with Crippen LogP contribution in [0.15, 0.2) is 29.2 Å². The van der Waals surface area contributed by atoms with Crippen LogP contribution in [0.4, 0.5) is 0 Å². The summed E-state index contributed by atoms with van der Waals surface area (Å²) < 4.78 is 26.6. The fraction of sp³-hybridized carbons (Fsp3) is 0.625. The Morgan fingerprint density at radius 3 is 2.48 bits per heavy atom. The topological polar surface area (TPSA) is 49.4 Å². The van der Waals surface area contributed by atoms with Gasteiger partial charge in [0.2, 0.25) is 10.0 Å². The van der Waals surface area contributed by atoms with Crippen molar-refractivity contribution >= 4 is 10.0 Å². The van der Waals surface area contributed by atoms with Crippen LogP contribution in [0.1, 0.15) is 39.7 Å². The van der Waals surface area contributed by atoms with Crippen molar-refractivity contribution in [1.82, 2.24) is 9.62 Å². The zero-order chi connectivity index (χ0) is 16.0. The molecule has 1 aromatic carbocycles. The van der Waals surface area contributed by atoms with Gasteiger partial charge in [0.15, 0.2) is 0 Å². The normalized spacial score (nSPS) is 13.9. The maximum absolute atomic E-state index is 12.6. The molecule has 0 aliphatic rings. The van der Waals surface area contributed by atoms with E-state index in [2.05, 4.69) is 33.0 Å². The maximum Gasteiger partial charge on any atom is 0.242 e. The Morgan fingerprint density at radius 1 is 1.24 bits per heavy atom. The number of benzene rings is 1. The Kier molecular flexibility index (Phi) is 6.84. The number of nitrogens with one attached hydrogen (secondary N) is 1. The van der Waals surface area contributed by atoms with Gasteiger partial charge >= 0.3 is 0 Å². The lowest BCUT2D eigenvalue weighted by Crippen LogP contribution is -2.31. The van der Waals surface area contributed by atoms with Gasteiger partial charge in [-0.05, 0) is 23.6 Å². The molecule has 1 atom stereocenters. The second kappa shape index (κ2) is 7.92. The van der Waals surface area contributed by atoms with Crippen molar-refractivity contribution in [3.8, 4) is 0 Å². The molecule has 120 valence electrons. The van der Waals surface area contributed by atoms with E-state index in [0.29, 0.717) is 29.9 Å². The lowest BCUT2D eigenvalue weighted by atomic mass is 10.1. The number of hydrogen-bond donors (Lipinski definition) is 1. The SMILES string of the molecule is CCC(C)CN(C)S(=O)(=O)c1cccc(CNC(C)C)c1. The van der Waals surface area contributed by atoms with Gasteiger partial charge in [-0.1, -0.05) is 46.2 Å². The monoisotopic (exact) mass is 312 g/mol. The Labute approximate surface area is 129 Å². The summed E-state index contributed by atoms with van der Waals surface area (Å²) in [5, 5.41) is 3.30. The molecule has 0 bridgehead atoms. The van der Waals surface area contributed by atoms with Gasteiger partial charge in [-0.3, -0.25) is 0 Å². The summed E-state index contributed by atoms with van der Waals surface area (Å²) in [6.45, 7) is 9.50. The summed E-state index contributed by atoms with van der Waals surface area (Å²) in [6.07, 6.45) is 0.970. The summed E-state index contributed by atoms with van der Waals surface area (Å²) in [5.74, 6) is 0.357. The molecule has 5 heteroatoms. The minimum Gasteiger partial charge on any atom is -0.310 e. The lowest BCUT2D eigenvalue weighted by Gasteiger charge is -2.21. The van der Waals surface area contributed by atoms with Crippen LogP contribution < -0.4 is 5.32 Å². The van der Waals surface area contributed by atoms with E-state index in [1.165, 1.54) is 4.31 Å². The molecule has 0 fully saturated rings. The molecule has 0 saturated heterocycles. The summed E-state index contributed by atoms with van der Waals surface area (Å²) in [5.41, 5.74) is 0.988. The minimum atomic E-state index is -3.40. The zero-order valence-electron chi connectivity index (χ0n) is 13.8. The summed E-state index contributed by atoms with van der Waals surface area (Å²) in [6, 6.07) is 7.56. The van der Waals surface area contributed by atoms with Crippen molar-refractivity contribution in [2.45, 2.75) is 51.6 Å². The molecule has 0 heterocycles. The van der Waals surface area contributed by atoms with Crippen LogP contribution in [-0.4, -0.2) is 32.4 Å². The van der Waals surface area contributed by atoms with Crippen LogP contribution in [-0.2, 0) is 16.6 Å². The molecule has 0 saturated carbocycles. The molecule has 1 aromatic rings. The number of sulfonamides is 1. The van der Waals surface area contributed by atoms with Crippen molar-refractivity contribution in [1.29, 1.82) is 0 Å². The van der Waals surface area contributed by atoms with Crippen LogP contribution in [0.2, 0.25) is 0 Å². The lowest BCUT2D eigenvalue weighted by molar-refractivity contribution is 0.393. The first-order valence-electron chi connectivity index (χ1n) is 7.56. The van der Waals surface area contributed by atoms with E-state index in [1.807, 2.05) is 6.07 Å². The van der Waals surface area contributed by atoms with E-state index >= 15 is 0 Å². The molecule has 0 aliphatic carbocycles. The van der Waals surface area contributed by atoms with Crippen LogP contribution in [0, 0.1) is 5.92 Å². The first-order chi connectivity index (χ1) is 9.77. The van der Waals surface area contributed by atoms with E-state index in [9.17, 15) is 8.42 Å². The van der Waals surface area contributed by atoms with E-state index in [4.69, 9.17) is 0 Å². The van der Waals surface area contributed by atoms with Gasteiger partial charge in [-0.25, -0.2) is 12.7 Å². The Balaban J connectivity index is 2.90. The number of nitrogens with zero attached hydrogens (tertiary/aromatic N) is 1. The van der Waals surface area contributed by atoms with Crippen LogP contribution in [0.25, 0.3) is 0 Å². The molecule has 0 spiro atoms. The van der Waals surface area contributed by atoms with Crippen molar-refractivity contribution in [2.24, 2.45) is 5.92 Å². The van der Waals surface area contributed by atoms with Crippen LogP contribution in [0.3, 0.4) is 0 Å². The van der Waals surface area contributed by atoms with E-state index in [0.717, 1.165) is 12.0 Å². The molecular weight excluding hydrogens is 284 g/mol. The molecule has 1 rings (SSSR count). The highest BCUT2D eigenvalue weighted by molar-refractivity contribution is 7.89. The molecule has 4 nitrogen and oxygen atoms in total. The molecule has 0 aromatic heterocycles. The zero-order valence-corrected chi connectivity index (χ0v) is 14.6. The quantitative estimate of drug-likeness (QED) is 0.803. The van der Waals surface area contributed by atoms with Crippen molar-refractivity contribution in [2.75, 3.05) is 13.6 Å².